The van der Waals surface area contributed by atoms with E-state index in [1.54, 1.807) is 0 Å². The molecule has 0 aliphatic rings. The minimum Gasteiger partial charge on any atom is -0.344 e. The first kappa shape index (κ1) is 9.99. The van der Waals surface area contributed by atoms with E-state index < -0.39 is 0 Å². The molecule has 0 aromatic carbocycles. The average molecular weight is 154 g/mol. The standard InChI is InChI=1S/C8H14N2O/c1-4-6-9-8(11)7-10(3)5-2/h1H,5-7H2,2-3H3,(H,9,11). The molecule has 0 radical (unpaired) electrons. The Bertz CT molecular complexity index is 160. The molecule has 0 heterocycles. The van der Waals surface area contributed by atoms with Crippen LogP contribution in [0.25, 0.3) is 0 Å². The van der Waals surface area contributed by atoms with Gasteiger partial charge in [-0.25, -0.2) is 0 Å². The molecular weight excluding hydrogens is 140 g/mol. The second-order valence-corrected chi connectivity index (χ2v) is 2.31. The first-order valence-corrected chi connectivity index (χ1v) is 3.59. The van der Waals surface area contributed by atoms with Crippen molar-refractivity contribution in [1.82, 2.24) is 10.2 Å². The van der Waals surface area contributed by atoms with Crippen LogP contribution in [0.3, 0.4) is 0 Å². The summed E-state index contributed by atoms with van der Waals surface area (Å²) in [4.78, 5) is 12.8. The van der Waals surface area contributed by atoms with Crippen molar-refractivity contribution in [1.29, 1.82) is 0 Å². The first-order valence-electron chi connectivity index (χ1n) is 3.59. The summed E-state index contributed by atoms with van der Waals surface area (Å²) in [7, 11) is 1.88. The van der Waals surface area contributed by atoms with Gasteiger partial charge in [-0.15, -0.1) is 6.42 Å². The number of rotatable bonds is 4. The van der Waals surface area contributed by atoms with E-state index in [1.165, 1.54) is 0 Å². The summed E-state index contributed by atoms with van der Waals surface area (Å²) >= 11 is 0. The van der Waals surface area contributed by atoms with Crippen LogP contribution >= 0.6 is 0 Å². The monoisotopic (exact) mass is 154 g/mol. The van der Waals surface area contributed by atoms with Gasteiger partial charge in [-0.1, -0.05) is 12.8 Å². The summed E-state index contributed by atoms with van der Waals surface area (Å²) in [6.07, 6.45) is 4.96. The van der Waals surface area contributed by atoms with Gasteiger partial charge < -0.3 is 5.32 Å². The molecule has 0 saturated heterocycles. The van der Waals surface area contributed by atoms with Crippen molar-refractivity contribution in [3.05, 3.63) is 0 Å². The van der Waals surface area contributed by atoms with E-state index in [1.807, 2.05) is 18.9 Å². The van der Waals surface area contributed by atoms with E-state index in [-0.39, 0.29) is 5.91 Å². The van der Waals surface area contributed by atoms with Crippen molar-refractivity contribution in [2.24, 2.45) is 0 Å². The highest BCUT2D eigenvalue weighted by Crippen LogP contribution is 1.78. The number of nitrogens with one attached hydrogen (secondary N) is 1. The Hall–Kier alpha value is -1.01. The molecule has 0 saturated carbocycles. The van der Waals surface area contributed by atoms with Crippen LogP contribution in [0.5, 0.6) is 0 Å². The Balaban J connectivity index is 3.45. The Morgan fingerprint density at radius 2 is 2.36 bits per heavy atom. The van der Waals surface area contributed by atoms with Crippen LogP contribution in [0.1, 0.15) is 6.92 Å². The van der Waals surface area contributed by atoms with Gasteiger partial charge in [-0.05, 0) is 13.6 Å². The fourth-order valence-electron chi connectivity index (χ4n) is 0.562. The van der Waals surface area contributed by atoms with Gasteiger partial charge >= 0.3 is 0 Å². The average Bonchev–Trinajstić information content (AvgIpc) is 2.00. The normalized spacial score (nSPS) is 9.27. The smallest absolute Gasteiger partial charge is 0.234 e. The predicted molar refractivity (Wildman–Crippen MR) is 45.0 cm³/mol. The topological polar surface area (TPSA) is 32.3 Å². The SMILES string of the molecule is C#CCNC(=O)CN(C)CC. The lowest BCUT2D eigenvalue weighted by molar-refractivity contribution is -0.121. The lowest BCUT2D eigenvalue weighted by Gasteiger charge is -2.11. The number of amides is 1. The van der Waals surface area contributed by atoms with Crippen LogP contribution in [-0.4, -0.2) is 37.5 Å². The maximum Gasteiger partial charge on any atom is 0.234 e. The molecule has 0 spiro atoms. The molecule has 1 N–H and O–H groups in total. The van der Waals surface area contributed by atoms with Gasteiger partial charge in [0.25, 0.3) is 0 Å². The molecule has 0 atom stereocenters. The number of hydrogen-bond acceptors (Lipinski definition) is 2. The zero-order valence-corrected chi connectivity index (χ0v) is 7.05. The number of carbonyl (C=O) groups excluding carboxylic acids is 1. The molecule has 0 aliphatic heterocycles. The van der Waals surface area contributed by atoms with Crippen molar-refractivity contribution < 1.29 is 4.79 Å². The lowest BCUT2D eigenvalue weighted by Crippen LogP contribution is -2.35. The van der Waals surface area contributed by atoms with Gasteiger partial charge in [0, 0.05) is 0 Å². The number of terminal acetylenes is 1. The summed E-state index contributed by atoms with van der Waals surface area (Å²) < 4.78 is 0. The molecule has 62 valence electrons. The summed E-state index contributed by atoms with van der Waals surface area (Å²) in [6, 6.07) is 0. The highest BCUT2D eigenvalue weighted by atomic mass is 16.1. The molecule has 3 heteroatoms. The zero-order chi connectivity index (χ0) is 8.69. The molecule has 0 aromatic heterocycles. The van der Waals surface area contributed by atoms with E-state index >= 15 is 0 Å². The Kier molecular flexibility index (Phi) is 5.22. The van der Waals surface area contributed by atoms with Crippen LogP contribution in [0.15, 0.2) is 0 Å². The fourth-order valence-corrected chi connectivity index (χ4v) is 0.562. The molecule has 0 unspecified atom stereocenters. The maximum atomic E-state index is 10.9. The highest BCUT2D eigenvalue weighted by Gasteiger charge is 2.01. The van der Waals surface area contributed by atoms with Crippen LogP contribution in [-0.2, 0) is 4.79 Å². The van der Waals surface area contributed by atoms with Crippen molar-refractivity contribution >= 4 is 5.91 Å². The molecule has 0 fully saturated rings. The van der Waals surface area contributed by atoms with Crippen LogP contribution in [0, 0.1) is 12.3 Å². The summed E-state index contributed by atoms with van der Waals surface area (Å²) in [5.74, 6) is 2.32. The molecule has 0 rings (SSSR count). The third kappa shape index (κ3) is 5.43. The molecule has 0 aromatic rings. The third-order valence-electron chi connectivity index (χ3n) is 1.34. The Labute approximate surface area is 67.8 Å². The van der Waals surface area contributed by atoms with E-state index in [0.29, 0.717) is 13.1 Å². The van der Waals surface area contributed by atoms with Gasteiger partial charge in [0.15, 0.2) is 0 Å². The number of likely N-dealkylation sites (N-methyl/N-ethyl adjacent to an activating group) is 1. The highest BCUT2D eigenvalue weighted by molar-refractivity contribution is 5.78. The van der Waals surface area contributed by atoms with E-state index in [2.05, 4.69) is 11.2 Å². The molecule has 3 nitrogen and oxygen atoms in total. The maximum absolute atomic E-state index is 10.9. The minimum atomic E-state index is -0.0210. The van der Waals surface area contributed by atoms with Crippen LogP contribution in [0.2, 0.25) is 0 Å². The van der Waals surface area contributed by atoms with Gasteiger partial charge in [-0.3, -0.25) is 9.69 Å². The zero-order valence-electron chi connectivity index (χ0n) is 7.05. The van der Waals surface area contributed by atoms with E-state index in [4.69, 9.17) is 6.42 Å². The van der Waals surface area contributed by atoms with Crippen molar-refractivity contribution in [3.8, 4) is 12.3 Å². The molecule has 0 aliphatic carbocycles. The van der Waals surface area contributed by atoms with Crippen molar-refractivity contribution in [3.63, 3.8) is 0 Å². The van der Waals surface area contributed by atoms with E-state index in [0.717, 1.165) is 6.54 Å². The second kappa shape index (κ2) is 5.75. The number of nitrogens with zero attached hydrogens (tertiary/aromatic N) is 1. The predicted octanol–water partition coefficient (Wildman–Crippen LogP) is -0.312. The summed E-state index contributed by atoms with van der Waals surface area (Å²) in [5, 5.41) is 2.58. The van der Waals surface area contributed by atoms with E-state index in [9.17, 15) is 4.79 Å². The quantitative estimate of drug-likeness (QED) is 0.563. The van der Waals surface area contributed by atoms with Gasteiger partial charge in [0.05, 0.1) is 13.1 Å². The third-order valence-corrected chi connectivity index (χ3v) is 1.34. The molecule has 11 heavy (non-hydrogen) atoms. The Morgan fingerprint density at radius 3 is 2.82 bits per heavy atom. The largest absolute Gasteiger partial charge is 0.344 e. The fraction of sp³-hybridized carbons (Fsp3) is 0.625. The lowest BCUT2D eigenvalue weighted by atomic mass is 10.5. The minimum absolute atomic E-state index is 0.0210. The van der Waals surface area contributed by atoms with Crippen molar-refractivity contribution in [2.45, 2.75) is 6.92 Å². The van der Waals surface area contributed by atoms with Crippen molar-refractivity contribution in [2.75, 3.05) is 26.7 Å². The van der Waals surface area contributed by atoms with Gasteiger partial charge in [0.1, 0.15) is 0 Å². The Morgan fingerprint density at radius 1 is 1.73 bits per heavy atom. The second-order valence-electron chi connectivity index (χ2n) is 2.31. The summed E-state index contributed by atoms with van der Waals surface area (Å²) in [6.45, 7) is 3.59. The summed E-state index contributed by atoms with van der Waals surface area (Å²) in [5.41, 5.74) is 0. The number of carbonyl (C=O) groups is 1. The molecular formula is C8H14N2O. The van der Waals surface area contributed by atoms with Gasteiger partial charge in [0.2, 0.25) is 5.91 Å². The van der Waals surface area contributed by atoms with Crippen LogP contribution < -0.4 is 5.32 Å². The first-order chi connectivity index (χ1) is 5.20. The van der Waals surface area contributed by atoms with Gasteiger partial charge in [-0.2, -0.15) is 0 Å². The van der Waals surface area contributed by atoms with Crippen LogP contribution in [0.4, 0.5) is 0 Å². The molecule has 1 amide bonds. The number of hydrogen-bond donors (Lipinski definition) is 1. The molecule has 0 bridgehead atoms.